The van der Waals surface area contributed by atoms with Gasteiger partial charge in [0.2, 0.25) is 5.78 Å². The molecule has 0 saturated carbocycles. The van der Waals surface area contributed by atoms with E-state index in [1.807, 2.05) is 0 Å². The van der Waals surface area contributed by atoms with Crippen LogP contribution in [0, 0.1) is 23.2 Å². The Morgan fingerprint density at radius 2 is 1.88 bits per heavy atom. The lowest BCUT2D eigenvalue weighted by atomic mass is 9.60. The molecule has 0 radical (unpaired) electrons. The van der Waals surface area contributed by atoms with E-state index in [1.54, 1.807) is 18.2 Å². The van der Waals surface area contributed by atoms with E-state index in [0.29, 0.717) is 12.0 Å². The van der Waals surface area contributed by atoms with Crippen molar-refractivity contribution in [3.8, 4) is 11.8 Å². The van der Waals surface area contributed by atoms with E-state index < -0.39 is 46.1 Å². The second-order valence-corrected chi connectivity index (χ2v) is 6.97. The SMILES string of the molecule is N#CC1=C(O)CC2CC3Cc4cccc(O)c4C(=O)C3=C(O)[C@]2(O)C1=O. The van der Waals surface area contributed by atoms with Gasteiger partial charge in [-0.2, -0.15) is 5.26 Å². The van der Waals surface area contributed by atoms with Crippen LogP contribution in [-0.2, 0) is 11.2 Å². The molecule has 7 heteroatoms. The minimum atomic E-state index is -2.42. The Morgan fingerprint density at radius 1 is 1.15 bits per heavy atom. The molecule has 0 aliphatic heterocycles. The average Bonchev–Trinajstić information content (AvgIpc) is 2.58. The lowest BCUT2D eigenvalue weighted by molar-refractivity contribution is -0.142. The summed E-state index contributed by atoms with van der Waals surface area (Å²) < 4.78 is 0. The highest BCUT2D eigenvalue weighted by atomic mass is 16.3. The third-order valence-corrected chi connectivity index (χ3v) is 5.66. The Hall–Kier alpha value is -3.11. The first-order valence-electron chi connectivity index (χ1n) is 8.19. The molecule has 4 rings (SSSR count). The molecule has 2 unspecified atom stereocenters. The van der Waals surface area contributed by atoms with E-state index in [-0.39, 0.29) is 29.7 Å². The number of carbonyl (C=O) groups excluding carboxylic acids is 2. The summed E-state index contributed by atoms with van der Waals surface area (Å²) in [6, 6.07) is 6.23. The number of nitrogens with zero attached hydrogens (tertiary/aromatic N) is 1. The number of phenolic OH excluding ortho intramolecular Hbond substituents is 1. The number of nitriles is 1. The highest BCUT2D eigenvalue weighted by Crippen LogP contribution is 2.51. The Kier molecular flexibility index (Phi) is 3.27. The van der Waals surface area contributed by atoms with Gasteiger partial charge in [0.05, 0.1) is 5.56 Å². The van der Waals surface area contributed by atoms with Gasteiger partial charge in [0.15, 0.2) is 11.4 Å². The predicted octanol–water partition coefficient (Wildman–Crippen LogP) is 1.62. The molecule has 1 aromatic rings. The standard InChI is InChI=1S/C19H15NO6/c20-7-11-13(22)6-10-5-9-4-8-2-1-3-12(21)14(8)16(23)15(9)18(25)19(10,26)17(11)24/h1-3,9-10,21-22,25-26H,4-6H2/t9?,10?,19-/m1/s1. The third-order valence-electron chi connectivity index (χ3n) is 5.66. The van der Waals surface area contributed by atoms with Crippen LogP contribution >= 0.6 is 0 Å². The molecule has 0 amide bonds. The number of rotatable bonds is 0. The molecule has 0 aromatic heterocycles. The van der Waals surface area contributed by atoms with Crippen LogP contribution in [0.25, 0.3) is 0 Å². The fourth-order valence-corrected chi connectivity index (χ4v) is 4.42. The fourth-order valence-electron chi connectivity index (χ4n) is 4.42. The number of aliphatic hydroxyl groups excluding tert-OH is 2. The summed E-state index contributed by atoms with van der Waals surface area (Å²) in [4.78, 5) is 25.5. The quantitative estimate of drug-likeness (QED) is 0.556. The van der Waals surface area contributed by atoms with E-state index >= 15 is 0 Å². The van der Waals surface area contributed by atoms with Gasteiger partial charge >= 0.3 is 0 Å². The third kappa shape index (κ3) is 1.85. The van der Waals surface area contributed by atoms with Gasteiger partial charge in [0.25, 0.3) is 0 Å². The van der Waals surface area contributed by atoms with Crippen molar-refractivity contribution in [3.63, 3.8) is 0 Å². The van der Waals surface area contributed by atoms with Crippen LogP contribution in [0.2, 0.25) is 0 Å². The summed E-state index contributed by atoms with van der Waals surface area (Å²) in [5, 5.41) is 50.7. The van der Waals surface area contributed by atoms with Crippen LogP contribution in [0.5, 0.6) is 5.75 Å². The van der Waals surface area contributed by atoms with Crippen LogP contribution in [0.4, 0.5) is 0 Å². The Labute approximate surface area is 148 Å². The molecule has 3 aliphatic rings. The lowest BCUT2D eigenvalue weighted by Gasteiger charge is -2.45. The average molecular weight is 353 g/mol. The number of hydrogen-bond acceptors (Lipinski definition) is 7. The molecule has 0 saturated heterocycles. The van der Waals surface area contributed by atoms with Crippen molar-refractivity contribution in [2.75, 3.05) is 0 Å². The Bertz CT molecular complexity index is 982. The molecule has 0 spiro atoms. The highest BCUT2D eigenvalue weighted by Gasteiger charge is 2.58. The summed E-state index contributed by atoms with van der Waals surface area (Å²) in [6.45, 7) is 0. The number of aliphatic hydroxyl groups is 3. The van der Waals surface area contributed by atoms with Gasteiger partial charge < -0.3 is 20.4 Å². The maximum absolute atomic E-state index is 12.9. The Balaban J connectivity index is 1.92. The van der Waals surface area contributed by atoms with Crippen LogP contribution < -0.4 is 0 Å². The number of aromatic hydroxyl groups is 1. The molecule has 4 N–H and O–H groups in total. The van der Waals surface area contributed by atoms with Gasteiger partial charge in [0.1, 0.15) is 28.9 Å². The van der Waals surface area contributed by atoms with Crippen molar-refractivity contribution in [3.05, 3.63) is 52.0 Å². The number of Topliss-reactive ketones (excluding diaryl/α,β-unsaturated/α-hetero) is 2. The predicted molar refractivity (Wildman–Crippen MR) is 87.2 cm³/mol. The first kappa shape index (κ1) is 16.4. The van der Waals surface area contributed by atoms with Crippen LogP contribution in [-0.4, -0.2) is 37.6 Å². The molecule has 0 bridgehead atoms. The van der Waals surface area contributed by atoms with E-state index in [9.17, 15) is 30.0 Å². The van der Waals surface area contributed by atoms with Crippen molar-refractivity contribution in [2.45, 2.75) is 24.9 Å². The number of allylic oxidation sites excluding steroid dienone is 2. The van der Waals surface area contributed by atoms with Crippen LogP contribution in [0.3, 0.4) is 0 Å². The first-order valence-corrected chi connectivity index (χ1v) is 8.19. The van der Waals surface area contributed by atoms with Gasteiger partial charge in [-0.3, -0.25) is 9.59 Å². The second-order valence-electron chi connectivity index (χ2n) is 6.97. The summed E-state index contributed by atoms with van der Waals surface area (Å²) in [6.07, 6.45) is 0.399. The minimum absolute atomic E-state index is 0.0505. The second kappa shape index (κ2) is 5.19. The highest BCUT2D eigenvalue weighted by molar-refractivity contribution is 6.15. The van der Waals surface area contributed by atoms with Crippen molar-refractivity contribution in [1.29, 1.82) is 5.26 Å². The maximum Gasteiger partial charge on any atom is 0.216 e. The molecule has 132 valence electrons. The Morgan fingerprint density at radius 3 is 2.58 bits per heavy atom. The topological polar surface area (TPSA) is 139 Å². The minimum Gasteiger partial charge on any atom is -0.511 e. The fraction of sp³-hybridized carbons (Fsp3) is 0.316. The first-order chi connectivity index (χ1) is 12.3. The van der Waals surface area contributed by atoms with Gasteiger partial charge in [0, 0.05) is 17.9 Å². The lowest BCUT2D eigenvalue weighted by Crippen LogP contribution is -2.55. The molecule has 3 aliphatic carbocycles. The number of fused-ring (bicyclic) bond motifs is 3. The van der Waals surface area contributed by atoms with Crippen molar-refractivity contribution >= 4 is 11.6 Å². The van der Waals surface area contributed by atoms with Gasteiger partial charge in [-0.1, -0.05) is 12.1 Å². The summed E-state index contributed by atoms with van der Waals surface area (Å²) in [5.41, 5.74) is -2.46. The van der Waals surface area contributed by atoms with Gasteiger partial charge in [-0.15, -0.1) is 0 Å². The van der Waals surface area contributed by atoms with Gasteiger partial charge in [-0.25, -0.2) is 0 Å². The van der Waals surface area contributed by atoms with Crippen molar-refractivity contribution in [1.82, 2.24) is 0 Å². The maximum atomic E-state index is 12.9. The number of hydrogen-bond donors (Lipinski definition) is 4. The van der Waals surface area contributed by atoms with Crippen molar-refractivity contribution < 1.29 is 30.0 Å². The molecular formula is C19H15NO6. The largest absolute Gasteiger partial charge is 0.511 e. The van der Waals surface area contributed by atoms with E-state index in [1.165, 1.54) is 6.07 Å². The number of carbonyl (C=O) groups is 2. The van der Waals surface area contributed by atoms with Crippen LogP contribution in [0.1, 0.15) is 28.8 Å². The molecular weight excluding hydrogens is 338 g/mol. The zero-order valence-electron chi connectivity index (χ0n) is 13.6. The number of benzene rings is 1. The van der Waals surface area contributed by atoms with Crippen LogP contribution in [0.15, 0.2) is 40.9 Å². The zero-order valence-corrected chi connectivity index (χ0v) is 13.6. The smallest absolute Gasteiger partial charge is 0.216 e. The molecule has 0 heterocycles. The number of ketones is 2. The van der Waals surface area contributed by atoms with Gasteiger partial charge in [-0.05, 0) is 30.4 Å². The summed E-state index contributed by atoms with van der Waals surface area (Å²) in [7, 11) is 0. The van der Waals surface area contributed by atoms with Crippen molar-refractivity contribution in [2.24, 2.45) is 11.8 Å². The summed E-state index contributed by atoms with van der Waals surface area (Å²) in [5.74, 6) is -4.45. The van der Waals surface area contributed by atoms with E-state index in [0.717, 1.165) is 0 Å². The molecule has 3 atom stereocenters. The normalized spacial score (nSPS) is 30.5. The molecule has 7 nitrogen and oxygen atoms in total. The summed E-state index contributed by atoms with van der Waals surface area (Å²) >= 11 is 0. The van der Waals surface area contributed by atoms with E-state index in [2.05, 4.69) is 0 Å². The monoisotopic (exact) mass is 353 g/mol. The van der Waals surface area contributed by atoms with E-state index in [4.69, 9.17) is 5.26 Å². The molecule has 1 aromatic carbocycles. The molecule has 0 fully saturated rings. The number of phenols is 1. The molecule has 26 heavy (non-hydrogen) atoms. The zero-order chi connectivity index (χ0) is 18.8.